The SMILES string of the molecule is Cn1cc(C(=O)N2CCN(Cc3ccccc3)CC2)c(=O)c2cc(S(=O)(=O)N3CCOCC3)ccc21. The van der Waals surface area contributed by atoms with E-state index < -0.39 is 15.5 Å². The van der Waals surface area contributed by atoms with Crippen LogP contribution in [0.4, 0.5) is 0 Å². The van der Waals surface area contributed by atoms with Gasteiger partial charge in [-0.15, -0.1) is 0 Å². The lowest BCUT2D eigenvalue weighted by Crippen LogP contribution is -2.49. The molecule has 2 fully saturated rings. The van der Waals surface area contributed by atoms with Crippen molar-refractivity contribution in [3.05, 3.63) is 76.1 Å². The lowest BCUT2D eigenvalue weighted by Gasteiger charge is -2.34. The quantitative estimate of drug-likeness (QED) is 0.517. The van der Waals surface area contributed by atoms with Gasteiger partial charge >= 0.3 is 0 Å². The molecule has 0 atom stereocenters. The van der Waals surface area contributed by atoms with Crippen molar-refractivity contribution >= 4 is 26.8 Å². The van der Waals surface area contributed by atoms with Crippen molar-refractivity contribution < 1.29 is 17.9 Å². The van der Waals surface area contributed by atoms with E-state index in [1.54, 1.807) is 28.8 Å². The molecule has 190 valence electrons. The number of piperazine rings is 1. The third-order valence-corrected chi connectivity index (χ3v) is 8.80. The molecule has 0 aliphatic carbocycles. The molecule has 2 aliphatic rings. The Morgan fingerprint density at radius 2 is 1.64 bits per heavy atom. The van der Waals surface area contributed by atoms with Crippen LogP contribution in [0.3, 0.4) is 0 Å². The first-order valence-corrected chi connectivity index (χ1v) is 13.6. The van der Waals surface area contributed by atoms with Gasteiger partial charge in [-0.2, -0.15) is 4.31 Å². The lowest BCUT2D eigenvalue weighted by molar-refractivity contribution is 0.0626. The van der Waals surface area contributed by atoms with Crippen molar-refractivity contribution in [1.82, 2.24) is 18.7 Å². The second-order valence-electron chi connectivity index (χ2n) is 9.23. The Kier molecular flexibility index (Phi) is 6.94. The van der Waals surface area contributed by atoms with E-state index in [2.05, 4.69) is 17.0 Å². The van der Waals surface area contributed by atoms with Crippen molar-refractivity contribution in [2.75, 3.05) is 52.5 Å². The Bertz CT molecular complexity index is 1420. The summed E-state index contributed by atoms with van der Waals surface area (Å²) < 4.78 is 34.6. The van der Waals surface area contributed by atoms with Crippen LogP contribution < -0.4 is 5.43 Å². The van der Waals surface area contributed by atoms with Gasteiger partial charge in [-0.25, -0.2) is 8.42 Å². The summed E-state index contributed by atoms with van der Waals surface area (Å²) in [5.74, 6) is -0.321. The topological polar surface area (TPSA) is 92.2 Å². The van der Waals surface area contributed by atoms with E-state index in [1.807, 2.05) is 18.2 Å². The van der Waals surface area contributed by atoms with Gasteiger partial charge in [-0.1, -0.05) is 30.3 Å². The van der Waals surface area contributed by atoms with Gasteiger partial charge in [0.15, 0.2) is 0 Å². The Labute approximate surface area is 210 Å². The largest absolute Gasteiger partial charge is 0.379 e. The molecule has 2 saturated heterocycles. The summed E-state index contributed by atoms with van der Waals surface area (Å²) in [6.45, 7) is 4.53. The zero-order chi connectivity index (χ0) is 25.3. The van der Waals surface area contributed by atoms with Crippen molar-refractivity contribution in [2.45, 2.75) is 11.4 Å². The van der Waals surface area contributed by atoms with E-state index in [9.17, 15) is 18.0 Å². The summed E-state index contributed by atoms with van der Waals surface area (Å²) in [5, 5.41) is 0.223. The molecule has 36 heavy (non-hydrogen) atoms. The monoisotopic (exact) mass is 510 g/mol. The molecular formula is C26H30N4O5S. The predicted molar refractivity (Wildman–Crippen MR) is 136 cm³/mol. The molecule has 1 amide bonds. The molecule has 0 saturated carbocycles. The minimum Gasteiger partial charge on any atom is -0.379 e. The third-order valence-electron chi connectivity index (χ3n) is 6.91. The average Bonchev–Trinajstić information content (AvgIpc) is 2.91. The number of amides is 1. The average molecular weight is 511 g/mol. The molecule has 0 spiro atoms. The second kappa shape index (κ2) is 10.1. The Balaban J connectivity index is 1.38. The number of aromatic nitrogens is 1. The smallest absolute Gasteiger partial charge is 0.259 e. The molecule has 0 radical (unpaired) electrons. The molecule has 0 N–H and O–H groups in total. The minimum absolute atomic E-state index is 0.0492. The van der Waals surface area contributed by atoms with Crippen molar-refractivity contribution in [2.24, 2.45) is 7.05 Å². The summed E-state index contributed by atoms with van der Waals surface area (Å²) in [6, 6.07) is 14.7. The van der Waals surface area contributed by atoms with Gasteiger partial charge in [0.2, 0.25) is 15.5 Å². The highest BCUT2D eigenvalue weighted by Crippen LogP contribution is 2.22. The number of morpholine rings is 1. The maximum absolute atomic E-state index is 13.4. The fraction of sp³-hybridized carbons (Fsp3) is 0.385. The number of benzene rings is 2. The zero-order valence-electron chi connectivity index (χ0n) is 20.3. The van der Waals surface area contributed by atoms with Gasteiger partial charge in [0, 0.05) is 64.4 Å². The highest BCUT2D eigenvalue weighted by molar-refractivity contribution is 7.89. The first-order valence-electron chi connectivity index (χ1n) is 12.1. The van der Waals surface area contributed by atoms with E-state index in [0.29, 0.717) is 31.8 Å². The van der Waals surface area contributed by atoms with Crippen LogP contribution in [0.15, 0.2) is 64.4 Å². The van der Waals surface area contributed by atoms with E-state index in [4.69, 9.17) is 4.74 Å². The van der Waals surface area contributed by atoms with Crippen LogP contribution in [-0.2, 0) is 28.4 Å². The van der Waals surface area contributed by atoms with Crippen LogP contribution in [-0.4, -0.2) is 85.5 Å². The summed E-state index contributed by atoms with van der Waals surface area (Å²) in [4.78, 5) is 30.8. The van der Waals surface area contributed by atoms with Gasteiger partial charge in [0.1, 0.15) is 5.56 Å². The van der Waals surface area contributed by atoms with Crippen molar-refractivity contribution in [3.63, 3.8) is 0 Å². The molecule has 2 aliphatic heterocycles. The number of hydrogen-bond donors (Lipinski definition) is 0. The minimum atomic E-state index is -3.76. The molecule has 0 unspecified atom stereocenters. The van der Waals surface area contributed by atoms with Crippen LogP contribution in [0.1, 0.15) is 15.9 Å². The first-order chi connectivity index (χ1) is 17.3. The van der Waals surface area contributed by atoms with Crippen LogP contribution in [0.2, 0.25) is 0 Å². The summed E-state index contributed by atoms with van der Waals surface area (Å²) in [5.41, 5.74) is 1.41. The van der Waals surface area contributed by atoms with E-state index >= 15 is 0 Å². The number of ether oxygens (including phenoxy) is 1. The highest BCUT2D eigenvalue weighted by Gasteiger charge is 2.28. The predicted octanol–water partition coefficient (Wildman–Crippen LogP) is 1.52. The Morgan fingerprint density at radius 1 is 0.944 bits per heavy atom. The number of fused-ring (bicyclic) bond motifs is 1. The van der Waals surface area contributed by atoms with Crippen LogP contribution in [0.25, 0.3) is 10.9 Å². The highest BCUT2D eigenvalue weighted by atomic mass is 32.2. The van der Waals surface area contributed by atoms with Crippen molar-refractivity contribution in [1.29, 1.82) is 0 Å². The number of carbonyl (C=O) groups is 1. The molecule has 3 heterocycles. The third kappa shape index (κ3) is 4.81. The fourth-order valence-electron chi connectivity index (χ4n) is 4.84. The molecule has 2 aromatic carbocycles. The summed E-state index contributed by atoms with van der Waals surface area (Å²) >= 11 is 0. The van der Waals surface area contributed by atoms with Gasteiger partial charge in [0.25, 0.3) is 5.91 Å². The van der Waals surface area contributed by atoms with Gasteiger partial charge < -0.3 is 14.2 Å². The van der Waals surface area contributed by atoms with E-state index in [0.717, 1.165) is 19.6 Å². The molecular weight excluding hydrogens is 480 g/mol. The first kappa shape index (κ1) is 24.6. The number of pyridine rings is 1. The fourth-order valence-corrected chi connectivity index (χ4v) is 6.28. The van der Waals surface area contributed by atoms with E-state index in [1.165, 1.54) is 22.0 Å². The molecule has 9 nitrogen and oxygen atoms in total. The van der Waals surface area contributed by atoms with Crippen LogP contribution in [0, 0.1) is 0 Å². The number of sulfonamides is 1. The maximum Gasteiger partial charge on any atom is 0.259 e. The molecule has 0 bridgehead atoms. The number of carbonyl (C=O) groups excluding carboxylic acids is 1. The molecule has 10 heteroatoms. The number of rotatable bonds is 5. The second-order valence-corrected chi connectivity index (χ2v) is 11.2. The summed E-state index contributed by atoms with van der Waals surface area (Å²) in [6.07, 6.45) is 1.56. The van der Waals surface area contributed by atoms with Crippen molar-refractivity contribution in [3.8, 4) is 0 Å². The number of aryl methyl sites for hydroxylation is 1. The van der Waals surface area contributed by atoms with Crippen LogP contribution >= 0.6 is 0 Å². The zero-order valence-corrected chi connectivity index (χ0v) is 21.1. The molecule has 1 aromatic heterocycles. The van der Waals surface area contributed by atoms with Crippen LogP contribution in [0.5, 0.6) is 0 Å². The van der Waals surface area contributed by atoms with E-state index in [-0.39, 0.29) is 34.8 Å². The normalized spacial score (nSPS) is 18.0. The number of nitrogens with zero attached hydrogens (tertiary/aromatic N) is 4. The molecule has 3 aromatic rings. The Morgan fingerprint density at radius 3 is 2.33 bits per heavy atom. The summed E-state index contributed by atoms with van der Waals surface area (Å²) in [7, 11) is -2.01. The number of hydrogen-bond acceptors (Lipinski definition) is 6. The molecule has 5 rings (SSSR count). The lowest BCUT2D eigenvalue weighted by atomic mass is 10.1. The van der Waals surface area contributed by atoms with Gasteiger partial charge in [-0.05, 0) is 23.8 Å². The maximum atomic E-state index is 13.4. The standard InChI is InChI=1S/C26H30N4O5S/c1-27-19-23(26(32)29-11-9-28(10-12-29)18-20-5-3-2-4-6-20)25(31)22-17-21(7-8-24(22)27)36(33,34)30-13-15-35-16-14-30/h2-8,17,19H,9-16,18H2,1H3. The van der Waals surface area contributed by atoms with Gasteiger partial charge in [0.05, 0.1) is 23.6 Å². The Hall–Kier alpha value is -3.05. The van der Waals surface area contributed by atoms with Gasteiger partial charge in [-0.3, -0.25) is 14.5 Å².